The zero-order valence-corrected chi connectivity index (χ0v) is 19.6. The van der Waals surface area contributed by atoms with E-state index in [0.717, 1.165) is 54.2 Å². The average molecular weight is 502 g/mol. The van der Waals surface area contributed by atoms with Crippen LogP contribution < -0.4 is 14.8 Å². The second kappa shape index (κ2) is 9.59. The van der Waals surface area contributed by atoms with Gasteiger partial charge in [-0.25, -0.2) is 4.98 Å². The van der Waals surface area contributed by atoms with Gasteiger partial charge in [-0.1, -0.05) is 0 Å². The Balaban J connectivity index is 0.00000261. The summed E-state index contributed by atoms with van der Waals surface area (Å²) in [7, 11) is 5.18. The Morgan fingerprint density at radius 1 is 1.22 bits per heavy atom. The largest absolute Gasteiger partial charge is 0.493 e. The van der Waals surface area contributed by atoms with Crippen LogP contribution in [0.25, 0.3) is 0 Å². The Morgan fingerprint density at radius 3 is 2.44 bits per heavy atom. The Labute approximate surface area is 182 Å². The number of rotatable bonds is 4. The molecule has 148 valence electrons. The lowest BCUT2D eigenvalue weighted by Crippen LogP contribution is -2.43. The molecule has 0 unspecified atom stereocenters. The summed E-state index contributed by atoms with van der Waals surface area (Å²) in [4.78, 5) is 12.5. The topological polar surface area (TPSA) is 59.0 Å². The zero-order chi connectivity index (χ0) is 18.7. The van der Waals surface area contributed by atoms with Gasteiger partial charge < -0.3 is 19.7 Å². The molecule has 0 atom stereocenters. The fourth-order valence-corrected chi connectivity index (χ4v) is 4.17. The van der Waals surface area contributed by atoms with E-state index in [1.807, 2.05) is 14.0 Å². The standard InChI is InChI=1S/C19H26N4O2S.HI/c1-12-18(26-13(2)22-12)10-21-19(20-3)23-7-6-14-8-16(24-4)17(25-5)9-15(14)11-23;/h8-9H,6-7,10-11H2,1-5H3,(H,20,21);1H. The van der Waals surface area contributed by atoms with E-state index in [2.05, 4.69) is 39.2 Å². The van der Waals surface area contributed by atoms with Crippen LogP contribution in [-0.4, -0.2) is 43.7 Å². The SMILES string of the molecule is CN=C(NCc1sc(C)nc1C)N1CCc2cc(OC)c(OC)cc2C1.I. The third-order valence-corrected chi connectivity index (χ3v) is 5.71. The minimum Gasteiger partial charge on any atom is -0.493 e. The summed E-state index contributed by atoms with van der Waals surface area (Å²) in [6.45, 7) is 6.57. The van der Waals surface area contributed by atoms with Crippen molar-refractivity contribution < 1.29 is 9.47 Å². The molecular formula is C19H27IN4O2S. The van der Waals surface area contributed by atoms with Crippen LogP contribution in [0.1, 0.15) is 26.7 Å². The number of hydrogen-bond acceptors (Lipinski definition) is 5. The van der Waals surface area contributed by atoms with Crippen LogP contribution in [0, 0.1) is 13.8 Å². The van der Waals surface area contributed by atoms with Crippen molar-refractivity contribution in [2.24, 2.45) is 4.99 Å². The monoisotopic (exact) mass is 502 g/mol. The van der Waals surface area contributed by atoms with E-state index in [4.69, 9.17) is 9.47 Å². The second-order valence-corrected chi connectivity index (χ2v) is 7.58. The van der Waals surface area contributed by atoms with Crippen molar-refractivity contribution in [3.63, 3.8) is 0 Å². The van der Waals surface area contributed by atoms with Gasteiger partial charge in [-0.15, -0.1) is 35.3 Å². The molecule has 6 nitrogen and oxygen atoms in total. The molecule has 1 aromatic carbocycles. The van der Waals surface area contributed by atoms with Crippen molar-refractivity contribution in [2.45, 2.75) is 33.4 Å². The van der Waals surface area contributed by atoms with Crippen LogP contribution in [0.2, 0.25) is 0 Å². The highest BCUT2D eigenvalue weighted by molar-refractivity contribution is 14.0. The maximum Gasteiger partial charge on any atom is 0.194 e. The summed E-state index contributed by atoms with van der Waals surface area (Å²) in [5, 5.41) is 4.58. The molecule has 2 aromatic rings. The molecule has 0 fully saturated rings. The molecule has 1 aromatic heterocycles. The molecule has 27 heavy (non-hydrogen) atoms. The minimum absolute atomic E-state index is 0. The first-order valence-corrected chi connectivity index (χ1v) is 9.49. The van der Waals surface area contributed by atoms with Crippen LogP contribution in [0.3, 0.4) is 0 Å². The summed E-state index contributed by atoms with van der Waals surface area (Å²) in [6, 6.07) is 4.16. The first-order valence-electron chi connectivity index (χ1n) is 8.68. The average Bonchev–Trinajstić information content (AvgIpc) is 2.98. The van der Waals surface area contributed by atoms with Crippen LogP contribution in [-0.2, 0) is 19.5 Å². The normalized spacial score (nSPS) is 13.7. The Morgan fingerprint density at radius 2 is 1.89 bits per heavy atom. The van der Waals surface area contributed by atoms with Crippen molar-refractivity contribution in [1.29, 1.82) is 0 Å². The highest BCUT2D eigenvalue weighted by atomic mass is 127. The van der Waals surface area contributed by atoms with Crippen LogP contribution in [0.15, 0.2) is 17.1 Å². The number of thiazole rings is 1. The lowest BCUT2D eigenvalue weighted by molar-refractivity contribution is 0.346. The smallest absolute Gasteiger partial charge is 0.194 e. The number of ether oxygens (including phenoxy) is 2. The van der Waals surface area contributed by atoms with Gasteiger partial charge in [0.25, 0.3) is 0 Å². The molecule has 0 amide bonds. The Hall–Kier alpha value is -1.55. The number of benzene rings is 1. The predicted molar refractivity (Wildman–Crippen MR) is 121 cm³/mol. The minimum atomic E-state index is 0. The molecule has 0 saturated heterocycles. The van der Waals surface area contributed by atoms with Crippen molar-refractivity contribution in [1.82, 2.24) is 15.2 Å². The van der Waals surface area contributed by atoms with Gasteiger partial charge in [0.15, 0.2) is 17.5 Å². The lowest BCUT2D eigenvalue weighted by Gasteiger charge is -2.32. The first kappa shape index (κ1) is 21.7. The van der Waals surface area contributed by atoms with E-state index in [0.29, 0.717) is 0 Å². The third-order valence-electron chi connectivity index (χ3n) is 4.64. The molecular weight excluding hydrogens is 475 g/mol. The van der Waals surface area contributed by atoms with Gasteiger partial charge in [0.05, 0.1) is 31.5 Å². The third kappa shape index (κ3) is 4.84. The maximum atomic E-state index is 5.45. The number of aromatic nitrogens is 1. The molecule has 1 aliphatic rings. The molecule has 0 aliphatic carbocycles. The molecule has 2 heterocycles. The number of halogens is 1. The first-order chi connectivity index (χ1) is 12.5. The van der Waals surface area contributed by atoms with Crippen LogP contribution in [0.5, 0.6) is 11.5 Å². The molecule has 0 saturated carbocycles. The summed E-state index contributed by atoms with van der Waals surface area (Å²) >= 11 is 1.73. The molecule has 0 spiro atoms. The number of methoxy groups -OCH3 is 2. The van der Waals surface area contributed by atoms with Crippen LogP contribution in [0.4, 0.5) is 0 Å². The van der Waals surface area contributed by atoms with E-state index in [1.54, 1.807) is 25.6 Å². The second-order valence-electron chi connectivity index (χ2n) is 6.29. The van der Waals surface area contributed by atoms with Crippen molar-refractivity contribution in [3.05, 3.63) is 38.8 Å². The number of aliphatic imine (C=N–C) groups is 1. The number of nitrogens with zero attached hydrogens (tertiary/aromatic N) is 3. The van der Waals surface area contributed by atoms with Gasteiger partial charge in [-0.05, 0) is 43.5 Å². The van der Waals surface area contributed by atoms with E-state index >= 15 is 0 Å². The van der Waals surface area contributed by atoms with E-state index < -0.39 is 0 Å². The van der Waals surface area contributed by atoms with Gasteiger partial charge in [0, 0.05) is 25.0 Å². The van der Waals surface area contributed by atoms with Gasteiger partial charge in [-0.3, -0.25) is 4.99 Å². The molecule has 3 rings (SSSR count). The van der Waals surface area contributed by atoms with Crippen molar-refractivity contribution in [3.8, 4) is 11.5 Å². The van der Waals surface area contributed by atoms with Crippen molar-refractivity contribution >= 4 is 41.3 Å². The number of hydrogen-bond donors (Lipinski definition) is 1. The fraction of sp³-hybridized carbons (Fsp3) is 0.474. The highest BCUT2D eigenvalue weighted by Gasteiger charge is 2.21. The number of fused-ring (bicyclic) bond motifs is 1. The highest BCUT2D eigenvalue weighted by Crippen LogP contribution is 2.33. The molecule has 8 heteroatoms. The molecule has 0 radical (unpaired) electrons. The van der Waals surface area contributed by atoms with Crippen molar-refractivity contribution in [2.75, 3.05) is 27.8 Å². The molecule has 1 N–H and O–H groups in total. The van der Waals surface area contributed by atoms with E-state index in [9.17, 15) is 0 Å². The van der Waals surface area contributed by atoms with Gasteiger partial charge >= 0.3 is 0 Å². The summed E-state index contributed by atoms with van der Waals surface area (Å²) in [5.41, 5.74) is 3.65. The van der Waals surface area contributed by atoms with Gasteiger partial charge in [0.1, 0.15) is 0 Å². The number of guanidine groups is 1. The summed E-state index contributed by atoms with van der Waals surface area (Å²) in [5.74, 6) is 2.47. The predicted octanol–water partition coefficient (Wildman–Crippen LogP) is 3.53. The maximum absolute atomic E-state index is 5.45. The quantitative estimate of drug-likeness (QED) is 0.394. The van der Waals surface area contributed by atoms with Crippen LogP contribution >= 0.6 is 35.3 Å². The number of nitrogens with one attached hydrogen (secondary N) is 1. The summed E-state index contributed by atoms with van der Waals surface area (Å²) in [6.07, 6.45) is 0.953. The Bertz CT molecular complexity index is 822. The van der Waals surface area contributed by atoms with Gasteiger partial charge in [-0.2, -0.15) is 0 Å². The summed E-state index contributed by atoms with van der Waals surface area (Å²) < 4.78 is 10.9. The molecule has 0 bridgehead atoms. The zero-order valence-electron chi connectivity index (χ0n) is 16.5. The van der Waals surface area contributed by atoms with Gasteiger partial charge in [0.2, 0.25) is 0 Å². The number of aryl methyl sites for hydroxylation is 2. The van der Waals surface area contributed by atoms with E-state index in [-0.39, 0.29) is 24.0 Å². The van der Waals surface area contributed by atoms with E-state index in [1.165, 1.54) is 16.0 Å². The molecule has 1 aliphatic heterocycles. The fourth-order valence-electron chi connectivity index (χ4n) is 3.29. The lowest BCUT2D eigenvalue weighted by atomic mass is 9.99. The Kier molecular flexibility index (Phi) is 7.72.